The van der Waals surface area contributed by atoms with Gasteiger partial charge in [0, 0.05) is 6.07 Å². The molecule has 0 unspecified atom stereocenters. The number of benzene rings is 1. The van der Waals surface area contributed by atoms with E-state index in [9.17, 15) is 9.18 Å². The third-order valence-electron chi connectivity index (χ3n) is 2.00. The molecule has 0 saturated heterocycles. The highest BCUT2D eigenvalue weighted by Crippen LogP contribution is 2.24. The molecule has 1 rings (SSSR count). The van der Waals surface area contributed by atoms with E-state index < -0.39 is 0 Å². The number of rotatable bonds is 3. The van der Waals surface area contributed by atoms with Crippen LogP contribution in [-0.2, 0) is 0 Å². The van der Waals surface area contributed by atoms with Gasteiger partial charge in [-0.3, -0.25) is 4.79 Å². The van der Waals surface area contributed by atoms with E-state index in [1.54, 1.807) is 6.92 Å². The monoisotopic (exact) mass is 210 g/mol. The van der Waals surface area contributed by atoms with Crippen LogP contribution in [0.2, 0.25) is 0 Å². The van der Waals surface area contributed by atoms with E-state index in [1.807, 2.05) is 13.8 Å². The molecule has 0 radical (unpaired) electrons. The zero-order valence-electron chi connectivity index (χ0n) is 9.43. The van der Waals surface area contributed by atoms with Gasteiger partial charge < -0.3 is 4.74 Å². The first kappa shape index (κ1) is 11.7. The molecular weight excluding hydrogens is 195 g/mol. The fourth-order valence-corrected chi connectivity index (χ4v) is 1.29. The lowest BCUT2D eigenvalue weighted by Gasteiger charge is -2.13. The van der Waals surface area contributed by atoms with E-state index in [4.69, 9.17) is 4.74 Å². The molecule has 0 saturated carbocycles. The van der Waals surface area contributed by atoms with E-state index in [-0.39, 0.29) is 17.7 Å². The summed E-state index contributed by atoms with van der Waals surface area (Å²) in [7, 11) is 0. The number of carbonyl (C=O) groups is 1. The Morgan fingerprint density at radius 2 is 2.00 bits per heavy atom. The summed E-state index contributed by atoms with van der Waals surface area (Å²) in [5.41, 5.74) is 0.888. The Balaban J connectivity index is 3.22. The minimum absolute atomic E-state index is 0.0785. The predicted molar refractivity (Wildman–Crippen MR) is 56.9 cm³/mol. The van der Waals surface area contributed by atoms with Crippen LogP contribution in [0.1, 0.15) is 36.7 Å². The number of ketones is 1. The molecule has 0 fully saturated rings. The maximum atomic E-state index is 13.3. The predicted octanol–water partition coefficient (Wildman–Crippen LogP) is 3.12. The zero-order chi connectivity index (χ0) is 11.6. The maximum absolute atomic E-state index is 13.3. The van der Waals surface area contributed by atoms with Gasteiger partial charge in [0.05, 0.1) is 11.7 Å². The van der Waals surface area contributed by atoms with E-state index in [0.29, 0.717) is 16.9 Å². The van der Waals surface area contributed by atoms with Crippen LogP contribution in [0.15, 0.2) is 12.1 Å². The fourth-order valence-electron chi connectivity index (χ4n) is 1.29. The van der Waals surface area contributed by atoms with E-state index >= 15 is 0 Å². The van der Waals surface area contributed by atoms with Gasteiger partial charge in [0.15, 0.2) is 5.78 Å². The normalized spacial score (nSPS) is 10.5. The number of aryl methyl sites for hydroxylation is 1. The van der Waals surface area contributed by atoms with Gasteiger partial charge in [-0.05, 0) is 39.3 Å². The molecule has 0 heterocycles. The molecule has 0 aromatic heterocycles. The van der Waals surface area contributed by atoms with Crippen LogP contribution in [0.4, 0.5) is 4.39 Å². The molecule has 0 aliphatic carbocycles. The van der Waals surface area contributed by atoms with Crippen molar-refractivity contribution in [3.8, 4) is 5.75 Å². The Hall–Kier alpha value is -1.38. The number of Topliss-reactive ketones (excluding diaryl/α,β-unsaturated/α-hetero) is 1. The standard InChI is InChI=1S/C12H15FO2/c1-7(2)15-12-6-11(13)8(3)5-10(12)9(4)14/h5-7H,1-4H3. The molecule has 0 aliphatic heterocycles. The van der Waals surface area contributed by atoms with Crippen molar-refractivity contribution in [2.24, 2.45) is 0 Å². The Bertz CT molecular complexity index is 383. The summed E-state index contributed by atoms with van der Waals surface area (Å²) in [5.74, 6) is -0.148. The van der Waals surface area contributed by atoms with E-state index in [2.05, 4.69) is 0 Å². The average Bonchev–Trinajstić information content (AvgIpc) is 2.09. The lowest BCUT2D eigenvalue weighted by Crippen LogP contribution is -2.09. The van der Waals surface area contributed by atoms with Gasteiger partial charge in [0.2, 0.25) is 0 Å². The minimum Gasteiger partial charge on any atom is -0.490 e. The molecule has 0 atom stereocenters. The molecular formula is C12H15FO2. The van der Waals surface area contributed by atoms with Crippen molar-refractivity contribution in [3.63, 3.8) is 0 Å². The molecule has 2 nitrogen and oxygen atoms in total. The molecule has 0 bridgehead atoms. The minimum atomic E-state index is -0.351. The lowest BCUT2D eigenvalue weighted by atomic mass is 10.1. The van der Waals surface area contributed by atoms with Crippen molar-refractivity contribution in [1.82, 2.24) is 0 Å². The van der Waals surface area contributed by atoms with Crippen molar-refractivity contribution in [2.45, 2.75) is 33.8 Å². The third-order valence-corrected chi connectivity index (χ3v) is 2.00. The summed E-state index contributed by atoms with van der Waals surface area (Å²) in [5, 5.41) is 0. The molecule has 0 amide bonds. The molecule has 15 heavy (non-hydrogen) atoms. The number of ether oxygens (including phenoxy) is 1. The first-order valence-electron chi connectivity index (χ1n) is 4.89. The topological polar surface area (TPSA) is 26.3 Å². The summed E-state index contributed by atoms with van der Waals surface area (Å²) < 4.78 is 18.7. The van der Waals surface area contributed by atoms with Gasteiger partial charge in [-0.25, -0.2) is 4.39 Å². The van der Waals surface area contributed by atoms with Gasteiger partial charge in [-0.1, -0.05) is 0 Å². The van der Waals surface area contributed by atoms with Gasteiger partial charge in [0.25, 0.3) is 0 Å². The van der Waals surface area contributed by atoms with Crippen molar-refractivity contribution >= 4 is 5.78 Å². The Morgan fingerprint density at radius 3 is 2.47 bits per heavy atom. The summed E-state index contributed by atoms with van der Waals surface area (Å²) in [6, 6.07) is 2.79. The fraction of sp³-hybridized carbons (Fsp3) is 0.417. The maximum Gasteiger partial charge on any atom is 0.163 e. The smallest absolute Gasteiger partial charge is 0.163 e. The first-order chi connectivity index (χ1) is 6.91. The van der Waals surface area contributed by atoms with Crippen LogP contribution in [-0.4, -0.2) is 11.9 Å². The highest BCUT2D eigenvalue weighted by Gasteiger charge is 2.13. The van der Waals surface area contributed by atoms with E-state index in [1.165, 1.54) is 19.1 Å². The summed E-state index contributed by atoms with van der Waals surface area (Å²) in [6.07, 6.45) is -0.0785. The van der Waals surface area contributed by atoms with Crippen molar-refractivity contribution in [1.29, 1.82) is 0 Å². The average molecular weight is 210 g/mol. The van der Waals surface area contributed by atoms with E-state index in [0.717, 1.165) is 0 Å². The summed E-state index contributed by atoms with van der Waals surface area (Å²) >= 11 is 0. The second-order valence-electron chi connectivity index (χ2n) is 3.82. The van der Waals surface area contributed by atoms with Crippen LogP contribution in [0.25, 0.3) is 0 Å². The lowest BCUT2D eigenvalue weighted by molar-refractivity contribution is 0.101. The van der Waals surface area contributed by atoms with Crippen LogP contribution >= 0.6 is 0 Å². The van der Waals surface area contributed by atoms with Crippen molar-refractivity contribution < 1.29 is 13.9 Å². The van der Waals surface area contributed by atoms with Crippen LogP contribution in [0, 0.1) is 12.7 Å². The molecule has 1 aromatic carbocycles. The summed E-state index contributed by atoms with van der Waals surface area (Å²) in [4.78, 5) is 11.3. The molecule has 0 spiro atoms. The second kappa shape index (κ2) is 4.43. The van der Waals surface area contributed by atoms with Crippen LogP contribution < -0.4 is 4.74 Å². The van der Waals surface area contributed by atoms with Gasteiger partial charge in [-0.15, -0.1) is 0 Å². The quantitative estimate of drug-likeness (QED) is 0.716. The number of carbonyl (C=O) groups excluding carboxylic acids is 1. The van der Waals surface area contributed by atoms with Crippen LogP contribution in [0.5, 0.6) is 5.75 Å². The van der Waals surface area contributed by atoms with Gasteiger partial charge in [0.1, 0.15) is 11.6 Å². The Morgan fingerprint density at radius 1 is 1.40 bits per heavy atom. The second-order valence-corrected chi connectivity index (χ2v) is 3.82. The van der Waals surface area contributed by atoms with Crippen molar-refractivity contribution in [3.05, 3.63) is 29.1 Å². The Kier molecular flexibility index (Phi) is 3.45. The molecule has 82 valence electrons. The number of halogens is 1. The van der Waals surface area contributed by atoms with Crippen LogP contribution in [0.3, 0.4) is 0 Å². The highest BCUT2D eigenvalue weighted by molar-refractivity contribution is 5.97. The molecule has 0 aliphatic rings. The third kappa shape index (κ3) is 2.78. The van der Waals surface area contributed by atoms with Gasteiger partial charge in [-0.2, -0.15) is 0 Å². The highest BCUT2D eigenvalue weighted by atomic mass is 19.1. The largest absolute Gasteiger partial charge is 0.490 e. The van der Waals surface area contributed by atoms with Crippen molar-refractivity contribution in [2.75, 3.05) is 0 Å². The SMILES string of the molecule is CC(=O)c1cc(C)c(F)cc1OC(C)C. The molecule has 3 heteroatoms. The Labute approximate surface area is 89.1 Å². The zero-order valence-corrected chi connectivity index (χ0v) is 9.43. The molecule has 1 aromatic rings. The number of hydrogen-bond donors (Lipinski definition) is 0. The first-order valence-corrected chi connectivity index (χ1v) is 4.89. The molecule has 0 N–H and O–H groups in total. The number of hydrogen-bond acceptors (Lipinski definition) is 2. The van der Waals surface area contributed by atoms with Gasteiger partial charge >= 0.3 is 0 Å². The summed E-state index contributed by atoms with van der Waals surface area (Å²) in [6.45, 7) is 6.74.